The summed E-state index contributed by atoms with van der Waals surface area (Å²) >= 11 is 6.08. The van der Waals surface area contributed by atoms with Gasteiger partial charge in [0.1, 0.15) is 23.2 Å². The Morgan fingerprint density at radius 1 is 1.15 bits per heavy atom. The fourth-order valence-corrected chi connectivity index (χ4v) is 8.49. The molecule has 0 aromatic heterocycles. The van der Waals surface area contributed by atoms with Crippen LogP contribution in [0.25, 0.3) is 10.4 Å². The summed E-state index contributed by atoms with van der Waals surface area (Å²) in [5.41, 5.74) is 10.2. The third kappa shape index (κ3) is 8.59. The number of hydrogen-bond acceptors (Lipinski definition) is 6. The Bertz CT molecular complexity index is 1570. The minimum atomic E-state index is -3.58. The van der Waals surface area contributed by atoms with Crippen LogP contribution in [-0.4, -0.2) is 72.1 Å². The smallest absolute Gasteiger partial charge is 0.410 e. The quantitative estimate of drug-likeness (QED) is 0.151. The van der Waals surface area contributed by atoms with E-state index >= 15 is 4.39 Å². The molecule has 2 aromatic carbocycles. The number of Topliss-reactive ketones (excluding diaryl/α,β-unsaturated/α-hetero) is 1. The minimum absolute atomic E-state index is 0.0208. The van der Waals surface area contributed by atoms with Crippen LogP contribution in [0.2, 0.25) is 5.02 Å². The molecule has 2 fully saturated rings. The lowest BCUT2D eigenvalue weighted by Crippen LogP contribution is -2.60. The van der Waals surface area contributed by atoms with Crippen LogP contribution >= 0.6 is 11.6 Å². The Kier molecular flexibility index (Phi) is 11.4. The van der Waals surface area contributed by atoms with Gasteiger partial charge in [-0.1, -0.05) is 54.8 Å². The fourth-order valence-electron chi connectivity index (χ4n) is 6.57. The van der Waals surface area contributed by atoms with Gasteiger partial charge >= 0.3 is 6.09 Å². The number of benzene rings is 2. The number of ether oxygens (including phenoxy) is 1. The van der Waals surface area contributed by atoms with Crippen LogP contribution in [0.5, 0.6) is 0 Å². The number of azide groups is 1. The topological polar surface area (TPSA) is 133 Å². The largest absolute Gasteiger partial charge is 0.444 e. The normalized spacial score (nSPS) is 22.3. The van der Waals surface area contributed by atoms with Crippen LogP contribution in [0.3, 0.4) is 0 Å². The molecule has 250 valence electrons. The molecule has 4 rings (SSSR count). The number of hydrogen-bond donors (Lipinski definition) is 0. The van der Waals surface area contributed by atoms with E-state index in [1.165, 1.54) is 16.4 Å². The van der Waals surface area contributed by atoms with Crippen LogP contribution in [0.1, 0.15) is 76.5 Å². The summed E-state index contributed by atoms with van der Waals surface area (Å²) in [6.07, 6.45) is 0.660. The van der Waals surface area contributed by atoms with Crippen molar-refractivity contribution < 1.29 is 27.1 Å². The van der Waals surface area contributed by atoms with Gasteiger partial charge in [-0.15, -0.1) is 0 Å². The number of rotatable bonds is 10. The molecule has 2 bridgehead atoms. The summed E-state index contributed by atoms with van der Waals surface area (Å²) in [4.78, 5) is 31.6. The van der Waals surface area contributed by atoms with Crippen molar-refractivity contribution in [3.8, 4) is 0 Å². The molecule has 10 nitrogen and oxygen atoms in total. The van der Waals surface area contributed by atoms with Gasteiger partial charge in [-0.3, -0.25) is 4.79 Å². The van der Waals surface area contributed by atoms with Crippen molar-refractivity contribution in [3.05, 3.63) is 80.4 Å². The molecule has 0 radical (unpaired) electrons. The lowest BCUT2D eigenvalue weighted by Gasteiger charge is -2.44. The van der Waals surface area contributed by atoms with Crippen molar-refractivity contribution in [3.63, 3.8) is 0 Å². The summed E-state index contributed by atoms with van der Waals surface area (Å²) in [5, 5.41) is 4.44. The molecule has 1 amide bonds. The van der Waals surface area contributed by atoms with Crippen LogP contribution in [0.15, 0.2) is 47.6 Å². The molecule has 0 spiro atoms. The Balaban J connectivity index is 1.59. The first-order valence-corrected chi connectivity index (χ1v) is 17.7. The van der Waals surface area contributed by atoms with E-state index in [0.717, 1.165) is 5.56 Å². The van der Waals surface area contributed by atoms with Gasteiger partial charge in [-0.25, -0.2) is 17.6 Å². The predicted octanol–water partition coefficient (Wildman–Crippen LogP) is 7.06. The average molecular weight is 676 g/mol. The molecular weight excluding hydrogens is 633 g/mol. The maximum absolute atomic E-state index is 15.4. The molecule has 5 atom stereocenters. The maximum Gasteiger partial charge on any atom is 0.410 e. The highest BCUT2D eigenvalue weighted by atomic mass is 35.5. The summed E-state index contributed by atoms with van der Waals surface area (Å²) in [5.74, 6) is -1.39. The molecule has 2 saturated heterocycles. The van der Waals surface area contributed by atoms with E-state index < -0.39 is 45.5 Å². The average Bonchev–Trinajstić information content (AvgIpc) is 3.08. The van der Waals surface area contributed by atoms with E-state index in [2.05, 4.69) is 10.0 Å². The Morgan fingerprint density at radius 3 is 2.48 bits per heavy atom. The van der Waals surface area contributed by atoms with Gasteiger partial charge in [0.05, 0.1) is 5.75 Å². The molecular formula is C33H43ClFN5O5S. The number of sulfonamides is 1. The summed E-state index contributed by atoms with van der Waals surface area (Å²) in [6, 6.07) is 9.61. The number of fused-ring (bicyclic) bond motifs is 2. The molecule has 3 unspecified atom stereocenters. The van der Waals surface area contributed by atoms with Crippen molar-refractivity contribution in [2.75, 3.05) is 18.8 Å². The van der Waals surface area contributed by atoms with Crippen LogP contribution in [-0.2, 0) is 32.4 Å². The molecule has 0 aliphatic carbocycles. The minimum Gasteiger partial charge on any atom is -0.444 e. The lowest BCUT2D eigenvalue weighted by molar-refractivity contribution is -0.120. The monoisotopic (exact) mass is 675 g/mol. The van der Waals surface area contributed by atoms with E-state index in [1.54, 1.807) is 56.0 Å². The molecule has 2 heterocycles. The van der Waals surface area contributed by atoms with Gasteiger partial charge < -0.3 is 9.64 Å². The second-order valence-corrected chi connectivity index (χ2v) is 16.0. The molecule has 2 aromatic rings. The Labute approximate surface area is 275 Å². The molecule has 0 N–H and O–H groups in total. The predicted molar refractivity (Wildman–Crippen MR) is 176 cm³/mol. The zero-order valence-electron chi connectivity index (χ0n) is 27.0. The number of carbonyl (C=O) groups excluding carboxylic acids is 2. The number of amides is 1. The summed E-state index contributed by atoms with van der Waals surface area (Å²) in [6.45, 7) is 9.49. The van der Waals surface area contributed by atoms with Crippen molar-refractivity contribution in [2.45, 2.75) is 96.4 Å². The van der Waals surface area contributed by atoms with E-state index in [1.807, 2.05) is 13.8 Å². The Hall–Kier alpha value is -3.18. The fraction of sp³-hybridized carbons (Fsp3) is 0.576. The standard InChI is InChI=1S/C33H43ClFN5O5S/c1-21(2)30(22-11-13-24(34)14-12-22)31(37-38-36)29(41)18-23-8-6-10-28(35)27(23)16-15-26-19-39(32(42)45-33(3,4)5)25-9-7-17-46(43,44)40(26)20-25/h6,8,10-14,21,25-26,30-31H,7,9,15-20H2,1-5H3/t25?,26?,30-,31-/m1/s1. The van der Waals surface area contributed by atoms with Crippen LogP contribution < -0.4 is 0 Å². The number of nitrogens with zero attached hydrogens (tertiary/aromatic N) is 5. The molecule has 2 aliphatic rings. The van der Waals surface area contributed by atoms with E-state index in [0.29, 0.717) is 29.0 Å². The second kappa shape index (κ2) is 14.7. The number of halogens is 2. The first-order chi connectivity index (χ1) is 21.6. The van der Waals surface area contributed by atoms with Gasteiger partial charge in [0.15, 0.2) is 0 Å². The third-order valence-corrected chi connectivity index (χ3v) is 10.9. The second-order valence-electron chi connectivity index (χ2n) is 13.5. The van der Waals surface area contributed by atoms with Crippen LogP contribution in [0, 0.1) is 11.7 Å². The first kappa shape index (κ1) is 35.7. The highest BCUT2D eigenvalue weighted by Crippen LogP contribution is 2.34. The molecule has 2 aliphatic heterocycles. The third-order valence-electron chi connectivity index (χ3n) is 8.70. The summed E-state index contributed by atoms with van der Waals surface area (Å²) in [7, 11) is -3.58. The van der Waals surface area contributed by atoms with Crippen molar-refractivity contribution >= 4 is 33.5 Å². The zero-order valence-corrected chi connectivity index (χ0v) is 28.6. The van der Waals surface area contributed by atoms with Gasteiger partial charge in [0, 0.05) is 47.4 Å². The Morgan fingerprint density at radius 2 is 1.85 bits per heavy atom. The van der Waals surface area contributed by atoms with Crippen molar-refractivity contribution in [2.24, 2.45) is 11.0 Å². The summed E-state index contributed by atoms with van der Waals surface area (Å²) < 4.78 is 49.0. The van der Waals surface area contributed by atoms with Crippen molar-refractivity contribution in [1.82, 2.24) is 9.21 Å². The van der Waals surface area contributed by atoms with Gasteiger partial charge in [0.25, 0.3) is 0 Å². The lowest BCUT2D eigenvalue weighted by atomic mass is 9.79. The van der Waals surface area contributed by atoms with Crippen LogP contribution in [0.4, 0.5) is 9.18 Å². The molecule has 0 saturated carbocycles. The highest BCUT2D eigenvalue weighted by molar-refractivity contribution is 7.89. The SMILES string of the molecule is CC(C)[C@H](c1ccc(Cl)cc1)[C@H](N=[N+]=[N-])C(=O)Cc1cccc(F)c1CCC1CN(C(=O)OC(C)(C)C)C2CCCS(=O)(=O)N1C2. The highest BCUT2D eigenvalue weighted by Gasteiger charge is 2.44. The molecule has 13 heteroatoms. The van der Waals surface area contributed by atoms with E-state index in [-0.39, 0.29) is 55.8 Å². The number of piperazine rings is 1. The van der Waals surface area contributed by atoms with Gasteiger partial charge in [0.2, 0.25) is 10.0 Å². The van der Waals surface area contributed by atoms with Crippen molar-refractivity contribution in [1.29, 1.82) is 0 Å². The zero-order chi connectivity index (χ0) is 33.8. The van der Waals surface area contributed by atoms with E-state index in [9.17, 15) is 23.5 Å². The first-order valence-electron chi connectivity index (χ1n) is 15.7. The van der Waals surface area contributed by atoms with E-state index in [4.69, 9.17) is 16.3 Å². The van der Waals surface area contributed by atoms with Gasteiger partial charge in [-0.2, -0.15) is 4.31 Å². The van der Waals surface area contributed by atoms with Gasteiger partial charge in [-0.05, 0) is 92.8 Å². The maximum atomic E-state index is 15.4. The number of ketones is 1. The molecule has 46 heavy (non-hydrogen) atoms. The number of carbonyl (C=O) groups is 2.